The number of nitrogens with zero attached hydrogens (tertiary/aromatic N) is 2. The molecule has 0 saturated heterocycles. The summed E-state index contributed by atoms with van der Waals surface area (Å²) in [5, 5.41) is 0. The Hall–Kier alpha value is -1.70. The van der Waals surface area contributed by atoms with Gasteiger partial charge in [-0.3, -0.25) is 0 Å². The zero-order valence-corrected chi connectivity index (χ0v) is 34.0. The SMILES string of the molecule is CCCCCCCCCCCCCCCCCCC[n+]1ccc(-c2cc[n+](CCCCCCCCCCCCCCCCCCC)cc2)cc1. The minimum absolute atomic E-state index is 1.15. The van der Waals surface area contributed by atoms with E-state index in [1.54, 1.807) is 0 Å². The van der Waals surface area contributed by atoms with Crippen LogP contribution in [0.3, 0.4) is 0 Å². The Morgan fingerprint density at radius 3 is 0.640 bits per heavy atom. The van der Waals surface area contributed by atoms with E-state index in [0.717, 1.165) is 13.1 Å². The number of pyridine rings is 2. The molecule has 0 N–H and O–H groups in total. The van der Waals surface area contributed by atoms with Crippen molar-refractivity contribution in [1.82, 2.24) is 0 Å². The Bertz CT molecular complexity index is 870. The average Bonchev–Trinajstić information content (AvgIpc) is 3.14. The molecule has 0 atom stereocenters. The van der Waals surface area contributed by atoms with E-state index in [4.69, 9.17) is 0 Å². The Kier molecular flexibility index (Phi) is 30.6. The van der Waals surface area contributed by atoms with Crippen LogP contribution in [0.15, 0.2) is 49.1 Å². The van der Waals surface area contributed by atoms with Gasteiger partial charge in [0.1, 0.15) is 13.1 Å². The topological polar surface area (TPSA) is 7.76 Å². The highest BCUT2D eigenvalue weighted by Crippen LogP contribution is 2.18. The first-order valence-electron chi connectivity index (χ1n) is 22.8. The first-order chi connectivity index (χ1) is 24.8. The number of hydrogen-bond acceptors (Lipinski definition) is 0. The molecule has 0 bridgehead atoms. The molecular formula is C48H86N2+2. The van der Waals surface area contributed by atoms with Crippen LogP contribution in [0.4, 0.5) is 0 Å². The number of hydrogen-bond donors (Lipinski definition) is 0. The van der Waals surface area contributed by atoms with Crippen molar-refractivity contribution < 1.29 is 9.13 Å². The summed E-state index contributed by atoms with van der Waals surface area (Å²) in [5.74, 6) is 0. The zero-order chi connectivity index (χ0) is 35.4. The van der Waals surface area contributed by atoms with Crippen molar-refractivity contribution >= 4 is 0 Å². The second-order valence-electron chi connectivity index (χ2n) is 16.0. The van der Waals surface area contributed by atoms with E-state index in [1.165, 1.54) is 229 Å². The monoisotopic (exact) mass is 691 g/mol. The van der Waals surface area contributed by atoms with Gasteiger partial charge in [0, 0.05) is 37.1 Å². The second-order valence-corrected chi connectivity index (χ2v) is 16.0. The number of aromatic nitrogens is 2. The van der Waals surface area contributed by atoms with Gasteiger partial charge in [-0.2, -0.15) is 0 Å². The van der Waals surface area contributed by atoms with Crippen molar-refractivity contribution in [2.45, 2.75) is 245 Å². The highest BCUT2D eigenvalue weighted by atomic mass is 14.9. The molecule has 2 heterocycles. The van der Waals surface area contributed by atoms with Gasteiger partial charge in [-0.05, 0) is 24.0 Å². The van der Waals surface area contributed by atoms with Crippen LogP contribution in [0.25, 0.3) is 11.1 Å². The molecule has 2 rings (SSSR count). The van der Waals surface area contributed by atoms with Gasteiger partial charge in [-0.15, -0.1) is 0 Å². The van der Waals surface area contributed by atoms with Crippen LogP contribution < -0.4 is 9.13 Å². The molecule has 0 unspecified atom stereocenters. The van der Waals surface area contributed by atoms with Crippen molar-refractivity contribution in [1.29, 1.82) is 0 Å². The molecule has 0 saturated carbocycles. The number of rotatable bonds is 37. The Balaban J connectivity index is 1.37. The molecule has 2 nitrogen and oxygen atoms in total. The Morgan fingerprint density at radius 2 is 0.440 bits per heavy atom. The summed E-state index contributed by atoms with van der Waals surface area (Å²) in [6.45, 7) is 6.90. The van der Waals surface area contributed by atoms with E-state index in [-0.39, 0.29) is 0 Å². The normalized spacial score (nSPS) is 11.5. The second kappa shape index (κ2) is 34.4. The molecule has 0 aliphatic carbocycles. The Labute approximate surface area is 313 Å². The molecule has 50 heavy (non-hydrogen) atoms. The molecule has 0 radical (unpaired) electrons. The quantitative estimate of drug-likeness (QED) is 0.0492. The highest BCUT2D eigenvalue weighted by Gasteiger charge is 2.06. The lowest BCUT2D eigenvalue weighted by Gasteiger charge is -2.04. The molecule has 286 valence electrons. The van der Waals surface area contributed by atoms with Crippen molar-refractivity contribution in [3.05, 3.63) is 49.1 Å². The van der Waals surface area contributed by atoms with E-state index in [2.05, 4.69) is 72.0 Å². The van der Waals surface area contributed by atoms with Gasteiger partial charge in [-0.25, -0.2) is 9.13 Å². The van der Waals surface area contributed by atoms with Crippen molar-refractivity contribution in [2.24, 2.45) is 0 Å². The van der Waals surface area contributed by atoms with Crippen LogP contribution in [-0.2, 0) is 13.1 Å². The standard InChI is InChI=1S/C48H86N2/c1-3-5-7-9-11-13-15-17-19-21-23-25-27-29-31-33-35-41-49-43-37-47(38-44-49)48-39-45-50(46-40-48)42-36-34-32-30-28-26-24-22-20-18-16-14-12-10-8-6-4-2/h37-40,43-46H,3-36,41-42H2,1-2H3/q+2. The zero-order valence-electron chi connectivity index (χ0n) is 34.0. The molecule has 2 aromatic heterocycles. The van der Waals surface area contributed by atoms with Gasteiger partial charge in [0.05, 0.1) is 0 Å². The lowest BCUT2D eigenvalue weighted by molar-refractivity contribution is -0.697. The van der Waals surface area contributed by atoms with Crippen LogP contribution in [0.5, 0.6) is 0 Å². The van der Waals surface area contributed by atoms with Crippen molar-refractivity contribution in [3.63, 3.8) is 0 Å². The van der Waals surface area contributed by atoms with Gasteiger partial charge in [0.25, 0.3) is 0 Å². The molecule has 0 amide bonds. The first-order valence-corrected chi connectivity index (χ1v) is 22.8. The fraction of sp³-hybridized carbons (Fsp3) is 0.792. The summed E-state index contributed by atoms with van der Waals surface area (Å²) in [6, 6.07) is 9.18. The fourth-order valence-electron chi connectivity index (χ4n) is 7.64. The van der Waals surface area contributed by atoms with E-state index in [9.17, 15) is 0 Å². The minimum Gasteiger partial charge on any atom is -0.205 e. The molecule has 2 aromatic rings. The van der Waals surface area contributed by atoms with Crippen molar-refractivity contribution in [2.75, 3.05) is 0 Å². The molecule has 0 aromatic carbocycles. The summed E-state index contributed by atoms with van der Waals surface area (Å²) in [5.41, 5.74) is 2.65. The summed E-state index contributed by atoms with van der Waals surface area (Å²) in [4.78, 5) is 0. The van der Waals surface area contributed by atoms with Crippen LogP contribution in [0, 0.1) is 0 Å². The summed E-state index contributed by atoms with van der Waals surface area (Å²) >= 11 is 0. The third-order valence-corrected chi connectivity index (χ3v) is 11.2. The number of unbranched alkanes of at least 4 members (excludes halogenated alkanes) is 32. The van der Waals surface area contributed by atoms with Gasteiger partial charge in [-0.1, -0.05) is 206 Å². The fourth-order valence-corrected chi connectivity index (χ4v) is 7.64. The lowest BCUT2D eigenvalue weighted by Crippen LogP contribution is -2.33. The maximum Gasteiger partial charge on any atom is 0.169 e. The van der Waals surface area contributed by atoms with Crippen LogP contribution >= 0.6 is 0 Å². The molecule has 0 fully saturated rings. The van der Waals surface area contributed by atoms with Gasteiger partial charge in [0.2, 0.25) is 0 Å². The summed E-state index contributed by atoms with van der Waals surface area (Å²) in [7, 11) is 0. The first kappa shape index (κ1) is 44.5. The van der Waals surface area contributed by atoms with Crippen LogP contribution in [0.2, 0.25) is 0 Å². The molecule has 0 aliphatic heterocycles. The predicted octanol–water partition coefficient (Wildman–Crippen LogP) is 15.2. The van der Waals surface area contributed by atoms with Gasteiger partial charge in [0.15, 0.2) is 24.8 Å². The van der Waals surface area contributed by atoms with E-state index < -0.39 is 0 Å². The average molecular weight is 691 g/mol. The molecule has 0 aliphatic rings. The van der Waals surface area contributed by atoms with E-state index in [1.807, 2.05) is 0 Å². The molecular weight excluding hydrogens is 605 g/mol. The third kappa shape index (κ3) is 26.1. The van der Waals surface area contributed by atoms with E-state index >= 15 is 0 Å². The lowest BCUT2D eigenvalue weighted by atomic mass is 10.0. The van der Waals surface area contributed by atoms with Gasteiger partial charge >= 0.3 is 0 Å². The maximum atomic E-state index is 2.37. The van der Waals surface area contributed by atoms with Crippen molar-refractivity contribution in [3.8, 4) is 11.1 Å². The Morgan fingerprint density at radius 1 is 0.260 bits per heavy atom. The smallest absolute Gasteiger partial charge is 0.169 e. The predicted molar refractivity (Wildman–Crippen MR) is 221 cm³/mol. The maximum absolute atomic E-state index is 2.37. The number of aryl methyl sites for hydroxylation is 2. The highest BCUT2D eigenvalue weighted by molar-refractivity contribution is 5.60. The molecule has 2 heteroatoms. The van der Waals surface area contributed by atoms with E-state index in [0.29, 0.717) is 0 Å². The molecule has 0 spiro atoms. The van der Waals surface area contributed by atoms with Crippen LogP contribution in [-0.4, -0.2) is 0 Å². The minimum atomic E-state index is 1.15. The summed E-state index contributed by atoms with van der Waals surface area (Å²) in [6.07, 6.45) is 57.9. The van der Waals surface area contributed by atoms with Crippen LogP contribution in [0.1, 0.15) is 232 Å². The largest absolute Gasteiger partial charge is 0.205 e. The van der Waals surface area contributed by atoms with Gasteiger partial charge < -0.3 is 0 Å². The third-order valence-electron chi connectivity index (χ3n) is 11.2. The summed E-state index contributed by atoms with van der Waals surface area (Å²) < 4.78 is 4.74.